The zero-order valence-corrected chi connectivity index (χ0v) is 7.10. The van der Waals surface area contributed by atoms with Gasteiger partial charge in [-0.25, -0.2) is 0 Å². The van der Waals surface area contributed by atoms with Crippen molar-refractivity contribution in [2.45, 2.75) is 0 Å². The van der Waals surface area contributed by atoms with Crippen LogP contribution in [0.4, 0.5) is 11.4 Å². The Hall–Kier alpha value is -1.10. The summed E-state index contributed by atoms with van der Waals surface area (Å²) >= 11 is 0. The minimum atomic E-state index is -0.739. The van der Waals surface area contributed by atoms with E-state index in [1.54, 1.807) is 0 Å². The van der Waals surface area contributed by atoms with Crippen LogP contribution in [0.15, 0.2) is 24.3 Å². The Kier molecular flexibility index (Phi) is 3.88. The van der Waals surface area contributed by atoms with E-state index in [2.05, 4.69) is 21.7 Å². The number of rotatable bonds is 4. The highest BCUT2D eigenvalue weighted by atomic mass is 16.9. The third-order valence-corrected chi connectivity index (χ3v) is 1.55. The van der Waals surface area contributed by atoms with Gasteiger partial charge in [-0.1, -0.05) is 6.07 Å². The molecule has 0 aliphatic heterocycles. The maximum atomic E-state index is 10.9. The van der Waals surface area contributed by atoms with Crippen molar-refractivity contribution in [2.24, 2.45) is 11.8 Å². The predicted molar refractivity (Wildman–Crippen MR) is 45.0 cm³/mol. The van der Waals surface area contributed by atoms with Crippen LogP contribution in [-0.4, -0.2) is 0 Å². The van der Waals surface area contributed by atoms with Gasteiger partial charge in [0.1, 0.15) is 0 Å². The zero-order chi connectivity index (χ0) is 10.6. The average Bonchev–Trinajstić information content (AvgIpc) is 2.27. The Balaban J connectivity index is 2.89. The van der Waals surface area contributed by atoms with Gasteiger partial charge >= 0.3 is 0 Å². The van der Waals surface area contributed by atoms with Gasteiger partial charge in [0.2, 0.25) is 0 Å². The molecule has 0 amide bonds. The van der Waals surface area contributed by atoms with Crippen molar-refractivity contribution in [1.82, 2.24) is 0 Å². The quantitative estimate of drug-likeness (QED) is 0.394. The van der Waals surface area contributed by atoms with E-state index < -0.39 is 10.5 Å². The summed E-state index contributed by atoms with van der Waals surface area (Å²) in [6.45, 7) is 0. The smallest absolute Gasteiger partial charge is 0.171 e. The number of nitrogens with one attached hydrogen (secondary N) is 2. The Labute approximate surface area is 79.2 Å². The highest BCUT2D eigenvalue weighted by Gasteiger charge is 2.08. The molecule has 0 aromatic heterocycles. The summed E-state index contributed by atoms with van der Waals surface area (Å²) < 4.78 is 0. The van der Waals surface area contributed by atoms with Crippen molar-refractivity contribution in [1.29, 1.82) is 0 Å². The van der Waals surface area contributed by atoms with Crippen molar-refractivity contribution in [3.05, 3.63) is 34.7 Å². The molecule has 8 heteroatoms. The topological polar surface area (TPSA) is 126 Å². The number of quaternary nitrogens is 2. The molecule has 0 spiro atoms. The van der Waals surface area contributed by atoms with Crippen LogP contribution in [0.25, 0.3) is 0 Å². The van der Waals surface area contributed by atoms with Crippen LogP contribution >= 0.6 is 0 Å². The first kappa shape index (κ1) is 11.0. The van der Waals surface area contributed by atoms with Gasteiger partial charge in [-0.05, 0) is 0 Å². The van der Waals surface area contributed by atoms with E-state index in [0.29, 0.717) is 0 Å². The molecule has 1 aromatic carbocycles. The van der Waals surface area contributed by atoms with E-state index in [-0.39, 0.29) is 11.4 Å². The summed E-state index contributed by atoms with van der Waals surface area (Å²) in [5, 5.41) is 20.4. The minimum absolute atomic E-state index is 0.149. The molecule has 0 aliphatic rings. The average molecular weight is 202 g/mol. The van der Waals surface area contributed by atoms with Gasteiger partial charge in [0.05, 0.1) is 6.07 Å². The Morgan fingerprint density at radius 1 is 1.00 bits per heavy atom. The molecule has 2 unspecified atom stereocenters. The molecule has 1 aromatic rings. The fraction of sp³-hybridized carbons (Fsp3) is 0. The first-order valence-corrected chi connectivity index (χ1v) is 3.61. The molecule has 2 atom stereocenters. The molecule has 0 radical (unpaired) electrons. The van der Waals surface area contributed by atoms with Crippen molar-refractivity contribution < 1.29 is 20.3 Å². The standard InChI is InChI=1S/C6H10N4O4/c7-13-9(11)5-2-1-3-6(4-5)10(12)14-8/h1-4,9-10H,7-8H2. The fourth-order valence-corrected chi connectivity index (χ4v) is 0.909. The first-order chi connectivity index (χ1) is 6.69. The van der Waals surface area contributed by atoms with Crippen molar-refractivity contribution in [3.8, 4) is 0 Å². The van der Waals surface area contributed by atoms with Crippen molar-refractivity contribution in [3.63, 3.8) is 0 Å². The molecule has 0 fully saturated rings. The number of benzene rings is 1. The fourth-order valence-electron chi connectivity index (χ4n) is 0.909. The summed E-state index contributed by atoms with van der Waals surface area (Å²) in [4.78, 5) is 7.96. The largest absolute Gasteiger partial charge is 0.593 e. The highest BCUT2D eigenvalue weighted by Crippen LogP contribution is 2.06. The molecule has 0 aliphatic carbocycles. The second kappa shape index (κ2) is 4.95. The number of hydrogen-bond donors (Lipinski definition) is 4. The predicted octanol–water partition coefficient (Wildman–Crippen LogP) is -2.67. The Morgan fingerprint density at radius 2 is 1.43 bits per heavy atom. The second-order valence-corrected chi connectivity index (χ2v) is 2.39. The molecule has 8 nitrogen and oxygen atoms in total. The monoisotopic (exact) mass is 202 g/mol. The molecular weight excluding hydrogens is 192 g/mol. The molecular formula is C6H10N4O4. The number of nitrogens with two attached hydrogens (primary N) is 2. The molecule has 1 rings (SSSR count). The summed E-state index contributed by atoms with van der Waals surface area (Å²) in [6.07, 6.45) is 0. The van der Waals surface area contributed by atoms with Gasteiger partial charge in [0.25, 0.3) is 0 Å². The van der Waals surface area contributed by atoms with Crippen LogP contribution in [0.3, 0.4) is 0 Å². The van der Waals surface area contributed by atoms with Crippen LogP contribution in [0.1, 0.15) is 0 Å². The van der Waals surface area contributed by atoms with Gasteiger partial charge in [-0.2, -0.15) is 22.2 Å². The lowest BCUT2D eigenvalue weighted by atomic mass is 10.3. The Bertz CT molecular complexity index is 272. The van der Waals surface area contributed by atoms with Gasteiger partial charge in [0, 0.05) is 12.1 Å². The van der Waals surface area contributed by atoms with Crippen molar-refractivity contribution >= 4 is 11.4 Å². The van der Waals surface area contributed by atoms with Crippen LogP contribution in [0.5, 0.6) is 0 Å². The normalized spacial score (nSPS) is 15.1. The summed E-state index contributed by atoms with van der Waals surface area (Å²) in [5.41, 5.74) is 0.297. The molecule has 0 saturated heterocycles. The highest BCUT2D eigenvalue weighted by molar-refractivity contribution is 5.41. The SMILES string of the molecule is NO[NH+]([O-])c1cccc([NH+]([O-])ON)c1. The second-order valence-electron chi connectivity index (χ2n) is 2.39. The van der Waals surface area contributed by atoms with Crippen LogP contribution in [-0.2, 0) is 9.88 Å². The summed E-state index contributed by atoms with van der Waals surface area (Å²) in [5.74, 6) is 9.34. The maximum Gasteiger partial charge on any atom is 0.171 e. The molecule has 6 N–H and O–H groups in total. The first-order valence-electron chi connectivity index (χ1n) is 3.61. The lowest BCUT2D eigenvalue weighted by Crippen LogP contribution is -3.03. The molecule has 0 bridgehead atoms. The molecule has 14 heavy (non-hydrogen) atoms. The van der Waals surface area contributed by atoms with E-state index in [1.165, 1.54) is 24.3 Å². The zero-order valence-electron chi connectivity index (χ0n) is 7.10. The van der Waals surface area contributed by atoms with Gasteiger partial charge in [-0.15, -0.1) is 9.88 Å². The molecule has 0 heterocycles. The van der Waals surface area contributed by atoms with Gasteiger partial charge in [-0.3, -0.25) is 0 Å². The number of hydrogen-bond acceptors (Lipinski definition) is 6. The van der Waals surface area contributed by atoms with E-state index in [4.69, 9.17) is 0 Å². The summed E-state index contributed by atoms with van der Waals surface area (Å²) in [6, 6.07) is 5.65. The van der Waals surface area contributed by atoms with E-state index in [1.807, 2.05) is 0 Å². The van der Waals surface area contributed by atoms with Crippen molar-refractivity contribution in [2.75, 3.05) is 0 Å². The van der Waals surface area contributed by atoms with E-state index >= 15 is 0 Å². The van der Waals surface area contributed by atoms with E-state index in [9.17, 15) is 10.4 Å². The van der Waals surface area contributed by atoms with Gasteiger partial charge < -0.3 is 10.4 Å². The summed E-state index contributed by atoms with van der Waals surface area (Å²) in [7, 11) is 0. The lowest BCUT2D eigenvalue weighted by Gasteiger charge is -2.18. The van der Waals surface area contributed by atoms with Crippen LogP contribution in [0.2, 0.25) is 0 Å². The maximum absolute atomic E-state index is 10.9. The van der Waals surface area contributed by atoms with Crippen LogP contribution in [0, 0.1) is 10.4 Å². The lowest BCUT2D eigenvalue weighted by molar-refractivity contribution is -1.01. The molecule has 78 valence electrons. The molecule has 0 saturated carbocycles. The van der Waals surface area contributed by atoms with E-state index in [0.717, 1.165) is 0 Å². The third kappa shape index (κ3) is 2.45. The Morgan fingerprint density at radius 3 is 1.79 bits per heavy atom. The van der Waals surface area contributed by atoms with Crippen LogP contribution < -0.4 is 22.2 Å². The van der Waals surface area contributed by atoms with Gasteiger partial charge in [0.15, 0.2) is 11.4 Å². The minimum Gasteiger partial charge on any atom is -0.593 e. The third-order valence-electron chi connectivity index (χ3n) is 1.55.